The van der Waals surface area contributed by atoms with Crippen LogP contribution in [0.2, 0.25) is 0 Å². The van der Waals surface area contributed by atoms with Gasteiger partial charge in [-0.3, -0.25) is 14.7 Å². The van der Waals surface area contributed by atoms with Gasteiger partial charge in [0.05, 0.1) is 18.7 Å². The highest BCUT2D eigenvalue weighted by Gasteiger charge is 2.32. The number of aromatic nitrogens is 1. The van der Waals surface area contributed by atoms with Gasteiger partial charge in [-0.2, -0.15) is 0 Å². The summed E-state index contributed by atoms with van der Waals surface area (Å²) in [4.78, 5) is 19.4. The Hall–Kier alpha value is -2.92. The molecule has 32 heavy (non-hydrogen) atoms. The van der Waals surface area contributed by atoms with Crippen molar-refractivity contribution in [1.29, 1.82) is 0 Å². The van der Waals surface area contributed by atoms with E-state index in [0.717, 1.165) is 38.3 Å². The fourth-order valence-electron chi connectivity index (χ4n) is 4.43. The van der Waals surface area contributed by atoms with Crippen molar-refractivity contribution in [3.8, 4) is 5.75 Å². The molecular formula is C27H33N3O2. The molecule has 0 unspecified atom stereocenters. The van der Waals surface area contributed by atoms with Crippen molar-refractivity contribution in [2.45, 2.75) is 26.8 Å². The molecule has 1 amide bonds. The number of rotatable bonds is 8. The number of nitrogens with one attached hydrogen (secondary N) is 1. The lowest BCUT2D eigenvalue weighted by molar-refractivity contribution is -0.128. The molecule has 0 spiro atoms. The van der Waals surface area contributed by atoms with Crippen LogP contribution in [0.4, 0.5) is 0 Å². The van der Waals surface area contributed by atoms with Gasteiger partial charge in [0.25, 0.3) is 0 Å². The maximum Gasteiger partial charge on any atom is 0.224 e. The number of amides is 1. The molecule has 1 aliphatic rings. The van der Waals surface area contributed by atoms with Crippen LogP contribution in [-0.2, 0) is 11.3 Å². The number of pyridine rings is 1. The summed E-state index contributed by atoms with van der Waals surface area (Å²) in [7, 11) is 0. The fraction of sp³-hybridized carbons (Fsp3) is 0.407. The standard InChI is InChI=1S/C27H33N3O2/c1-20(2)14-29-27(31)25-13-22(19-32-26-8-5-11-28-15-26)17-30(18-25)16-21-9-10-23-6-3-4-7-24(23)12-21/h3-12,15,20,22,25H,13-14,16-19H2,1-2H3,(H,29,31)/t22-,25+/m0/s1. The van der Waals surface area contributed by atoms with E-state index in [-0.39, 0.29) is 11.8 Å². The molecule has 2 heterocycles. The minimum Gasteiger partial charge on any atom is -0.492 e. The van der Waals surface area contributed by atoms with Gasteiger partial charge in [-0.1, -0.05) is 50.2 Å². The summed E-state index contributed by atoms with van der Waals surface area (Å²) in [6.45, 7) is 8.09. The largest absolute Gasteiger partial charge is 0.492 e. The number of fused-ring (bicyclic) bond motifs is 1. The lowest BCUT2D eigenvalue weighted by Gasteiger charge is -2.37. The van der Waals surface area contributed by atoms with Crippen molar-refractivity contribution >= 4 is 16.7 Å². The fourth-order valence-corrected chi connectivity index (χ4v) is 4.43. The van der Waals surface area contributed by atoms with E-state index in [1.807, 2.05) is 12.1 Å². The van der Waals surface area contributed by atoms with Gasteiger partial charge in [0.1, 0.15) is 5.75 Å². The van der Waals surface area contributed by atoms with Crippen molar-refractivity contribution in [3.63, 3.8) is 0 Å². The number of benzene rings is 2. The first-order chi connectivity index (χ1) is 15.6. The zero-order valence-corrected chi connectivity index (χ0v) is 19.0. The Morgan fingerprint density at radius 1 is 1.12 bits per heavy atom. The molecule has 1 aromatic heterocycles. The first-order valence-corrected chi connectivity index (χ1v) is 11.6. The second kappa shape index (κ2) is 10.6. The minimum atomic E-state index is -0.0227. The van der Waals surface area contributed by atoms with Crippen molar-refractivity contribution in [2.24, 2.45) is 17.8 Å². The average molecular weight is 432 g/mol. The highest BCUT2D eigenvalue weighted by atomic mass is 16.5. The van der Waals surface area contributed by atoms with Crippen molar-refractivity contribution < 1.29 is 9.53 Å². The van der Waals surface area contributed by atoms with E-state index < -0.39 is 0 Å². The molecule has 0 aliphatic carbocycles. The SMILES string of the molecule is CC(C)CNC(=O)[C@@H]1C[C@H](COc2cccnc2)CN(Cc2ccc3ccccc3c2)C1. The van der Waals surface area contributed by atoms with E-state index >= 15 is 0 Å². The predicted molar refractivity (Wildman–Crippen MR) is 128 cm³/mol. The van der Waals surface area contributed by atoms with Gasteiger partial charge in [-0.05, 0) is 46.9 Å². The summed E-state index contributed by atoms with van der Waals surface area (Å²) >= 11 is 0. The monoisotopic (exact) mass is 431 g/mol. The molecule has 1 saturated heterocycles. The Morgan fingerprint density at radius 3 is 2.75 bits per heavy atom. The molecule has 1 fully saturated rings. The summed E-state index contributed by atoms with van der Waals surface area (Å²) in [6, 6.07) is 18.9. The van der Waals surface area contributed by atoms with E-state index in [2.05, 4.69) is 71.5 Å². The quantitative estimate of drug-likeness (QED) is 0.570. The molecule has 5 heteroatoms. The highest BCUT2D eigenvalue weighted by molar-refractivity contribution is 5.83. The number of piperidine rings is 1. The second-order valence-corrected chi connectivity index (χ2v) is 9.31. The van der Waals surface area contributed by atoms with E-state index in [4.69, 9.17) is 4.74 Å². The third kappa shape index (κ3) is 6.07. The van der Waals surface area contributed by atoms with Gasteiger partial charge < -0.3 is 10.1 Å². The summed E-state index contributed by atoms with van der Waals surface area (Å²) < 4.78 is 6.01. The summed E-state index contributed by atoms with van der Waals surface area (Å²) in [5.74, 6) is 1.65. The van der Waals surface area contributed by atoms with Crippen LogP contribution < -0.4 is 10.1 Å². The van der Waals surface area contributed by atoms with E-state index in [1.165, 1.54) is 16.3 Å². The van der Waals surface area contributed by atoms with Gasteiger partial charge in [0.15, 0.2) is 0 Å². The maximum atomic E-state index is 12.9. The Labute approximate surface area is 190 Å². The Balaban J connectivity index is 1.45. The number of carbonyl (C=O) groups excluding carboxylic acids is 1. The minimum absolute atomic E-state index is 0.0227. The molecule has 2 aromatic carbocycles. The zero-order valence-electron chi connectivity index (χ0n) is 19.0. The van der Waals surface area contributed by atoms with Crippen LogP contribution in [0.5, 0.6) is 5.75 Å². The van der Waals surface area contributed by atoms with Crippen molar-refractivity contribution in [1.82, 2.24) is 15.2 Å². The molecule has 5 nitrogen and oxygen atoms in total. The van der Waals surface area contributed by atoms with Gasteiger partial charge >= 0.3 is 0 Å². The molecule has 0 saturated carbocycles. The number of carbonyl (C=O) groups is 1. The molecule has 2 atom stereocenters. The third-order valence-corrected chi connectivity index (χ3v) is 6.01. The number of hydrogen-bond acceptors (Lipinski definition) is 4. The molecule has 0 bridgehead atoms. The second-order valence-electron chi connectivity index (χ2n) is 9.31. The lowest BCUT2D eigenvalue weighted by Crippen LogP contribution is -2.47. The molecule has 0 radical (unpaired) electrons. The Morgan fingerprint density at radius 2 is 1.97 bits per heavy atom. The van der Waals surface area contributed by atoms with Crippen molar-refractivity contribution in [2.75, 3.05) is 26.2 Å². The maximum absolute atomic E-state index is 12.9. The number of ether oxygens (including phenoxy) is 1. The Bertz CT molecular complexity index is 1020. The van der Waals surface area contributed by atoms with Gasteiger partial charge in [-0.25, -0.2) is 0 Å². The molecular weight excluding hydrogens is 398 g/mol. The van der Waals surface area contributed by atoms with Crippen LogP contribution in [0.25, 0.3) is 10.8 Å². The van der Waals surface area contributed by atoms with E-state index in [9.17, 15) is 4.79 Å². The molecule has 1 aliphatic heterocycles. The zero-order chi connectivity index (χ0) is 22.3. The highest BCUT2D eigenvalue weighted by Crippen LogP contribution is 2.26. The Kier molecular flexibility index (Phi) is 7.38. The molecule has 1 N–H and O–H groups in total. The van der Waals surface area contributed by atoms with Crippen LogP contribution in [-0.4, -0.2) is 42.0 Å². The first-order valence-electron chi connectivity index (χ1n) is 11.6. The van der Waals surface area contributed by atoms with Crippen molar-refractivity contribution in [3.05, 3.63) is 72.6 Å². The summed E-state index contributed by atoms with van der Waals surface area (Å²) in [6.07, 6.45) is 4.33. The van der Waals surface area contributed by atoms with Crippen LogP contribution in [0.3, 0.4) is 0 Å². The van der Waals surface area contributed by atoms with Gasteiger partial charge in [0, 0.05) is 38.3 Å². The van der Waals surface area contributed by atoms with Crippen LogP contribution in [0.15, 0.2) is 67.0 Å². The normalized spacial score (nSPS) is 19.2. The van der Waals surface area contributed by atoms with E-state index in [1.54, 1.807) is 12.4 Å². The first kappa shape index (κ1) is 22.3. The topological polar surface area (TPSA) is 54.5 Å². The summed E-state index contributed by atoms with van der Waals surface area (Å²) in [5, 5.41) is 5.65. The van der Waals surface area contributed by atoms with Crippen LogP contribution in [0, 0.1) is 17.8 Å². The summed E-state index contributed by atoms with van der Waals surface area (Å²) in [5.41, 5.74) is 1.28. The molecule has 168 valence electrons. The van der Waals surface area contributed by atoms with Crippen LogP contribution in [0.1, 0.15) is 25.8 Å². The number of likely N-dealkylation sites (tertiary alicyclic amines) is 1. The van der Waals surface area contributed by atoms with Crippen LogP contribution >= 0.6 is 0 Å². The third-order valence-electron chi connectivity index (χ3n) is 6.01. The number of hydrogen-bond donors (Lipinski definition) is 1. The van der Waals surface area contributed by atoms with Gasteiger partial charge in [-0.15, -0.1) is 0 Å². The molecule has 4 rings (SSSR count). The van der Waals surface area contributed by atoms with E-state index in [0.29, 0.717) is 18.4 Å². The predicted octanol–water partition coefficient (Wildman–Crippen LogP) is 4.52. The molecule has 3 aromatic rings. The smallest absolute Gasteiger partial charge is 0.224 e. The number of nitrogens with zero attached hydrogens (tertiary/aromatic N) is 2. The van der Waals surface area contributed by atoms with Gasteiger partial charge in [0.2, 0.25) is 5.91 Å². The lowest BCUT2D eigenvalue weighted by atomic mass is 9.88. The average Bonchev–Trinajstić information content (AvgIpc) is 2.81.